The summed E-state index contributed by atoms with van der Waals surface area (Å²) in [4.78, 5) is 31.1. The molecule has 3 aromatic rings. The van der Waals surface area contributed by atoms with Crippen molar-refractivity contribution < 1.29 is 9.18 Å². The lowest BCUT2D eigenvalue weighted by Gasteiger charge is -2.36. The first kappa shape index (κ1) is 23.0. The van der Waals surface area contributed by atoms with Crippen LogP contribution < -0.4 is 0 Å². The van der Waals surface area contributed by atoms with E-state index in [0.717, 1.165) is 68.5 Å². The van der Waals surface area contributed by atoms with Gasteiger partial charge in [-0.25, -0.2) is 9.37 Å². The van der Waals surface area contributed by atoms with E-state index in [1.165, 1.54) is 18.8 Å². The molecule has 0 bridgehead atoms. The van der Waals surface area contributed by atoms with Gasteiger partial charge in [0.25, 0.3) is 0 Å². The SMILES string of the molecule is CN1CCN(CC2CCC(C(=O)Cc3cc4nc(-c5cncc(F)c5)ccc4cn3)CC2)CC1. The van der Waals surface area contributed by atoms with Crippen molar-refractivity contribution in [1.29, 1.82) is 0 Å². The minimum atomic E-state index is -0.390. The Balaban J connectivity index is 1.19. The zero-order chi connectivity index (χ0) is 23.5. The molecule has 0 N–H and O–H groups in total. The van der Waals surface area contributed by atoms with E-state index in [1.54, 1.807) is 12.4 Å². The number of nitrogens with zero attached hydrogens (tertiary/aromatic N) is 5. The summed E-state index contributed by atoms with van der Waals surface area (Å²) in [5.41, 5.74) is 2.79. The smallest absolute Gasteiger partial charge is 0.142 e. The van der Waals surface area contributed by atoms with Crippen LogP contribution in [-0.2, 0) is 11.2 Å². The van der Waals surface area contributed by atoms with Crippen molar-refractivity contribution in [2.24, 2.45) is 11.8 Å². The van der Waals surface area contributed by atoms with Crippen LogP contribution in [0.5, 0.6) is 0 Å². The molecule has 1 aliphatic heterocycles. The van der Waals surface area contributed by atoms with Gasteiger partial charge in [-0.1, -0.05) is 0 Å². The molecule has 4 heterocycles. The van der Waals surface area contributed by atoms with E-state index in [1.807, 2.05) is 18.2 Å². The monoisotopic (exact) mass is 461 g/mol. The summed E-state index contributed by atoms with van der Waals surface area (Å²) in [6.07, 6.45) is 9.14. The molecule has 34 heavy (non-hydrogen) atoms. The van der Waals surface area contributed by atoms with Gasteiger partial charge >= 0.3 is 0 Å². The molecule has 2 aliphatic rings. The predicted octanol–water partition coefficient (Wildman–Crippen LogP) is 4.00. The number of rotatable bonds is 6. The molecule has 0 aromatic carbocycles. The van der Waals surface area contributed by atoms with Crippen LogP contribution in [0.25, 0.3) is 22.2 Å². The summed E-state index contributed by atoms with van der Waals surface area (Å²) in [5, 5.41) is 0.897. The Hall–Kier alpha value is -2.77. The fourth-order valence-corrected chi connectivity index (χ4v) is 5.25. The Kier molecular flexibility index (Phi) is 6.92. The third-order valence-electron chi connectivity index (χ3n) is 7.40. The van der Waals surface area contributed by atoms with E-state index in [9.17, 15) is 9.18 Å². The molecule has 178 valence electrons. The average molecular weight is 462 g/mol. The Morgan fingerprint density at radius 2 is 1.82 bits per heavy atom. The second-order valence-corrected chi connectivity index (χ2v) is 9.92. The van der Waals surface area contributed by atoms with Gasteiger partial charge in [0.1, 0.15) is 11.6 Å². The molecule has 0 spiro atoms. The fourth-order valence-electron chi connectivity index (χ4n) is 5.25. The molecule has 0 atom stereocenters. The molecule has 3 aromatic heterocycles. The normalized spacial score (nSPS) is 22.2. The highest BCUT2D eigenvalue weighted by Gasteiger charge is 2.28. The van der Waals surface area contributed by atoms with Crippen molar-refractivity contribution in [1.82, 2.24) is 24.8 Å². The molecule has 1 saturated carbocycles. The molecular formula is C27H32FN5O. The van der Waals surface area contributed by atoms with Gasteiger partial charge in [0.05, 0.1) is 17.4 Å². The van der Waals surface area contributed by atoms with E-state index in [2.05, 4.69) is 31.8 Å². The first-order valence-corrected chi connectivity index (χ1v) is 12.3. The van der Waals surface area contributed by atoms with E-state index in [-0.39, 0.29) is 11.7 Å². The van der Waals surface area contributed by atoms with Crippen LogP contribution in [0.3, 0.4) is 0 Å². The number of pyridine rings is 3. The van der Waals surface area contributed by atoms with Gasteiger partial charge in [0.2, 0.25) is 0 Å². The van der Waals surface area contributed by atoms with Gasteiger partial charge in [-0.3, -0.25) is 14.8 Å². The van der Waals surface area contributed by atoms with Crippen molar-refractivity contribution in [3.05, 3.63) is 54.4 Å². The lowest BCUT2D eigenvalue weighted by Crippen LogP contribution is -2.46. The number of fused-ring (bicyclic) bond motifs is 1. The molecule has 0 amide bonds. The van der Waals surface area contributed by atoms with Gasteiger partial charge in [-0.05, 0) is 62.9 Å². The van der Waals surface area contributed by atoms with Crippen LogP contribution in [0, 0.1) is 17.7 Å². The molecular weight excluding hydrogens is 429 g/mol. The predicted molar refractivity (Wildman–Crippen MR) is 131 cm³/mol. The number of ketones is 1. The van der Waals surface area contributed by atoms with Gasteiger partial charge < -0.3 is 9.80 Å². The van der Waals surface area contributed by atoms with Gasteiger partial charge in [0, 0.05) is 74.1 Å². The first-order valence-electron chi connectivity index (χ1n) is 12.3. The average Bonchev–Trinajstić information content (AvgIpc) is 2.85. The van der Waals surface area contributed by atoms with E-state index in [0.29, 0.717) is 23.6 Å². The molecule has 7 heteroatoms. The second kappa shape index (κ2) is 10.2. The summed E-state index contributed by atoms with van der Waals surface area (Å²) < 4.78 is 13.6. The topological polar surface area (TPSA) is 62.2 Å². The van der Waals surface area contributed by atoms with Crippen molar-refractivity contribution in [3.8, 4) is 11.3 Å². The Bertz CT molecular complexity index is 1150. The van der Waals surface area contributed by atoms with E-state index < -0.39 is 5.82 Å². The van der Waals surface area contributed by atoms with E-state index >= 15 is 0 Å². The summed E-state index contributed by atoms with van der Waals surface area (Å²) in [7, 11) is 2.19. The van der Waals surface area contributed by atoms with Crippen molar-refractivity contribution in [3.63, 3.8) is 0 Å². The molecule has 0 radical (unpaired) electrons. The van der Waals surface area contributed by atoms with Crippen LogP contribution in [0.4, 0.5) is 4.39 Å². The van der Waals surface area contributed by atoms with Crippen LogP contribution in [0.15, 0.2) is 42.9 Å². The van der Waals surface area contributed by atoms with Crippen molar-refractivity contribution >= 4 is 16.7 Å². The summed E-state index contributed by atoms with van der Waals surface area (Å²) in [6.45, 7) is 5.81. The maximum atomic E-state index is 13.6. The third kappa shape index (κ3) is 5.47. The molecule has 1 saturated heterocycles. The Morgan fingerprint density at radius 3 is 2.59 bits per heavy atom. The fraction of sp³-hybridized carbons (Fsp3) is 0.481. The number of carbonyl (C=O) groups excluding carboxylic acids is 1. The van der Waals surface area contributed by atoms with Crippen molar-refractivity contribution in [2.75, 3.05) is 39.8 Å². The largest absolute Gasteiger partial charge is 0.304 e. The minimum absolute atomic E-state index is 0.138. The zero-order valence-corrected chi connectivity index (χ0v) is 19.8. The highest BCUT2D eigenvalue weighted by atomic mass is 19.1. The first-order chi connectivity index (χ1) is 16.5. The lowest BCUT2D eigenvalue weighted by atomic mass is 9.79. The molecule has 2 fully saturated rings. The van der Waals surface area contributed by atoms with E-state index in [4.69, 9.17) is 0 Å². The summed E-state index contributed by atoms with van der Waals surface area (Å²) >= 11 is 0. The van der Waals surface area contributed by atoms with Gasteiger partial charge in [0.15, 0.2) is 0 Å². The van der Waals surface area contributed by atoms with Gasteiger partial charge in [-0.2, -0.15) is 0 Å². The van der Waals surface area contributed by atoms with Crippen LogP contribution in [0.1, 0.15) is 31.4 Å². The van der Waals surface area contributed by atoms with Gasteiger partial charge in [-0.15, -0.1) is 0 Å². The van der Waals surface area contributed by atoms with Crippen LogP contribution >= 0.6 is 0 Å². The zero-order valence-electron chi connectivity index (χ0n) is 19.8. The summed E-state index contributed by atoms with van der Waals surface area (Å²) in [6, 6.07) is 7.07. The second-order valence-electron chi connectivity index (χ2n) is 9.92. The number of carbonyl (C=O) groups is 1. The number of likely N-dealkylation sites (N-methyl/N-ethyl adjacent to an activating group) is 1. The molecule has 1 aliphatic carbocycles. The third-order valence-corrected chi connectivity index (χ3v) is 7.40. The highest BCUT2D eigenvalue weighted by Crippen LogP contribution is 2.31. The lowest BCUT2D eigenvalue weighted by molar-refractivity contribution is -0.123. The number of halogens is 1. The highest BCUT2D eigenvalue weighted by molar-refractivity contribution is 5.85. The standard InChI is InChI=1S/C27H32FN5O/c1-32-8-10-33(11-9-32)18-19-2-4-20(5-3-19)27(34)14-24-13-26-21(16-30-24)6-7-25(31-26)22-12-23(28)17-29-15-22/h6-7,12-13,15-17,19-20H,2-5,8-11,14,18H2,1H3. The number of hydrogen-bond donors (Lipinski definition) is 0. The molecule has 6 nitrogen and oxygen atoms in total. The minimum Gasteiger partial charge on any atom is -0.304 e. The molecule has 5 rings (SSSR count). The molecule has 0 unspecified atom stereocenters. The quantitative estimate of drug-likeness (QED) is 0.553. The van der Waals surface area contributed by atoms with Crippen LogP contribution in [0.2, 0.25) is 0 Å². The summed E-state index contributed by atoms with van der Waals surface area (Å²) in [5.74, 6) is 0.749. The Labute approximate surface area is 200 Å². The Morgan fingerprint density at radius 1 is 1.03 bits per heavy atom. The number of Topliss-reactive ketones (excluding diaryl/α,β-unsaturated/α-hetero) is 1. The van der Waals surface area contributed by atoms with Crippen LogP contribution in [-0.4, -0.2) is 70.3 Å². The number of aromatic nitrogens is 3. The number of piperazine rings is 1. The number of hydrogen-bond acceptors (Lipinski definition) is 6. The maximum absolute atomic E-state index is 13.6. The van der Waals surface area contributed by atoms with Crippen molar-refractivity contribution in [2.45, 2.75) is 32.1 Å². The maximum Gasteiger partial charge on any atom is 0.142 e.